The molecule has 132 valence electrons. The van der Waals surface area contributed by atoms with Gasteiger partial charge in [0.1, 0.15) is 6.17 Å². The highest BCUT2D eigenvalue weighted by atomic mass is 19.1. The Bertz CT molecular complexity index is 494. The first-order chi connectivity index (χ1) is 11.7. The summed E-state index contributed by atoms with van der Waals surface area (Å²) in [5.74, 6) is 10.0. The number of alkyl halides is 1. The molecule has 24 heavy (non-hydrogen) atoms. The van der Waals surface area contributed by atoms with E-state index in [9.17, 15) is 4.39 Å². The van der Waals surface area contributed by atoms with E-state index in [-0.39, 0.29) is 5.92 Å². The summed E-state index contributed by atoms with van der Waals surface area (Å²) in [4.78, 5) is 0. The fourth-order valence-electron chi connectivity index (χ4n) is 5.12. The molecule has 1 nitrogen and oxygen atoms in total. The molecular formula is C22H32FN. The maximum atomic E-state index is 13.9. The van der Waals surface area contributed by atoms with Crippen molar-refractivity contribution in [3.8, 4) is 17.9 Å². The quantitative estimate of drug-likeness (QED) is 0.549. The van der Waals surface area contributed by atoms with Crippen molar-refractivity contribution in [1.82, 2.24) is 0 Å². The second kappa shape index (κ2) is 8.38. The van der Waals surface area contributed by atoms with Gasteiger partial charge in [0.05, 0.1) is 12.0 Å². The Balaban J connectivity index is 1.42. The Kier molecular flexibility index (Phi) is 6.21. The SMILES string of the molecule is CC1CCC(C2CCC(C#CC3CCC(C#N)C(F)C3)CC2)CC1. The number of nitrogens with zero attached hydrogens (tertiary/aromatic N) is 1. The Morgan fingerprint density at radius 3 is 1.88 bits per heavy atom. The highest BCUT2D eigenvalue weighted by Gasteiger charge is 2.31. The fourth-order valence-corrected chi connectivity index (χ4v) is 5.12. The second-order valence-electron chi connectivity index (χ2n) is 8.68. The van der Waals surface area contributed by atoms with Gasteiger partial charge in [-0.25, -0.2) is 4.39 Å². The summed E-state index contributed by atoms with van der Waals surface area (Å²) in [7, 11) is 0. The monoisotopic (exact) mass is 329 g/mol. The minimum atomic E-state index is -0.965. The molecule has 3 saturated carbocycles. The number of nitriles is 1. The summed E-state index contributed by atoms with van der Waals surface area (Å²) in [5, 5.41) is 8.90. The van der Waals surface area contributed by atoms with Crippen molar-refractivity contribution in [2.24, 2.45) is 35.5 Å². The van der Waals surface area contributed by atoms with Crippen molar-refractivity contribution < 1.29 is 4.39 Å². The van der Waals surface area contributed by atoms with Gasteiger partial charge in [0.2, 0.25) is 0 Å². The molecule has 3 fully saturated rings. The molecule has 0 radical (unpaired) electrons. The van der Waals surface area contributed by atoms with Gasteiger partial charge in [0, 0.05) is 11.8 Å². The van der Waals surface area contributed by atoms with Crippen molar-refractivity contribution >= 4 is 0 Å². The molecule has 0 aromatic rings. The van der Waals surface area contributed by atoms with E-state index in [0.717, 1.165) is 24.2 Å². The highest BCUT2D eigenvalue weighted by molar-refractivity contribution is 5.11. The summed E-state index contributed by atoms with van der Waals surface area (Å²) in [6.07, 6.45) is 12.0. The summed E-state index contributed by atoms with van der Waals surface area (Å²) < 4.78 is 13.9. The van der Waals surface area contributed by atoms with Crippen LogP contribution in [0.15, 0.2) is 0 Å². The zero-order valence-corrected chi connectivity index (χ0v) is 15.1. The lowest BCUT2D eigenvalue weighted by atomic mass is 9.69. The molecule has 0 aromatic heterocycles. The molecule has 0 spiro atoms. The van der Waals surface area contributed by atoms with E-state index in [4.69, 9.17) is 5.26 Å². The highest BCUT2D eigenvalue weighted by Crippen LogP contribution is 2.41. The van der Waals surface area contributed by atoms with Crippen LogP contribution in [0.3, 0.4) is 0 Å². The van der Waals surface area contributed by atoms with Crippen LogP contribution in [0.2, 0.25) is 0 Å². The minimum absolute atomic E-state index is 0.183. The van der Waals surface area contributed by atoms with Crippen LogP contribution < -0.4 is 0 Å². The van der Waals surface area contributed by atoms with Gasteiger partial charge >= 0.3 is 0 Å². The van der Waals surface area contributed by atoms with Gasteiger partial charge in [0.15, 0.2) is 0 Å². The van der Waals surface area contributed by atoms with E-state index in [0.29, 0.717) is 18.8 Å². The molecule has 3 aliphatic rings. The summed E-state index contributed by atoms with van der Waals surface area (Å²) in [6.45, 7) is 2.40. The maximum absolute atomic E-state index is 13.9. The van der Waals surface area contributed by atoms with Crippen LogP contribution >= 0.6 is 0 Å². The zero-order valence-electron chi connectivity index (χ0n) is 15.1. The predicted octanol–water partition coefficient (Wildman–Crippen LogP) is 5.90. The van der Waals surface area contributed by atoms with Gasteiger partial charge in [-0.15, -0.1) is 0 Å². The predicted molar refractivity (Wildman–Crippen MR) is 95.7 cm³/mol. The average Bonchev–Trinajstić information content (AvgIpc) is 2.61. The number of halogens is 1. The van der Waals surface area contributed by atoms with Gasteiger partial charge in [-0.1, -0.05) is 31.6 Å². The van der Waals surface area contributed by atoms with E-state index < -0.39 is 12.1 Å². The van der Waals surface area contributed by atoms with Gasteiger partial charge in [0.25, 0.3) is 0 Å². The first-order valence-corrected chi connectivity index (χ1v) is 10.2. The van der Waals surface area contributed by atoms with Crippen LogP contribution in [-0.4, -0.2) is 6.17 Å². The Hall–Kier alpha value is -1.02. The summed E-state index contributed by atoms with van der Waals surface area (Å²) in [5.41, 5.74) is 0. The third-order valence-electron chi connectivity index (χ3n) is 6.93. The molecule has 3 unspecified atom stereocenters. The van der Waals surface area contributed by atoms with Crippen LogP contribution in [0.5, 0.6) is 0 Å². The molecule has 0 aliphatic heterocycles. The first-order valence-electron chi connectivity index (χ1n) is 10.2. The fraction of sp³-hybridized carbons (Fsp3) is 0.864. The lowest BCUT2D eigenvalue weighted by Gasteiger charge is -2.36. The van der Waals surface area contributed by atoms with Crippen molar-refractivity contribution in [3.63, 3.8) is 0 Å². The van der Waals surface area contributed by atoms with E-state index in [1.807, 2.05) is 0 Å². The molecule has 2 heteroatoms. The molecule has 0 bridgehead atoms. The molecule has 0 amide bonds. The van der Waals surface area contributed by atoms with Crippen molar-refractivity contribution in [1.29, 1.82) is 5.26 Å². The van der Waals surface area contributed by atoms with E-state index in [1.54, 1.807) is 0 Å². The third-order valence-corrected chi connectivity index (χ3v) is 6.93. The smallest absolute Gasteiger partial charge is 0.117 e. The molecule has 0 saturated heterocycles. The van der Waals surface area contributed by atoms with Crippen LogP contribution in [-0.2, 0) is 0 Å². The van der Waals surface area contributed by atoms with Gasteiger partial charge in [-0.3, -0.25) is 0 Å². The normalized spacial score (nSPS) is 43.3. The van der Waals surface area contributed by atoms with Crippen molar-refractivity contribution in [2.45, 2.75) is 83.7 Å². The number of hydrogen-bond acceptors (Lipinski definition) is 1. The average molecular weight is 330 g/mol. The Morgan fingerprint density at radius 2 is 1.29 bits per heavy atom. The zero-order chi connectivity index (χ0) is 16.9. The first kappa shape index (κ1) is 17.8. The Labute approximate surface area is 147 Å². The summed E-state index contributed by atoms with van der Waals surface area (Å²) >= 11 is 0. The topological polar surface area (TPSA) is 23.8 Å². The lowest BCUT2D eigenvalue weighted by molar-refractivity contribution is 0.161. The molecule has 0 N–H and O–H groups in total. The van der Waals surface area contributed by atoms with Crippen molar-refractivity contribution in [3.05, 3.63) is 0 Å². The van der Waals surface area contributed by atoms with Crippen LogP contribution in [0.4, 0.5) is 4.39 Å². The second-order valence-corrected chi connectivity index (χ2v) is 8.68. The summed E-state index contributed by atoms with van der Waals surface area (Å²) in [6, 6.07) is 2.10. The third kappa shape index (κ3) is 4.53. The minimum Gasteiger partial charge on any atom is -0.246 e. The largest absolute Gasteiger partial charge is 0.246 e. The van der Waals surface area contributed by atoms with Crippen LogP contribution in [0, 0.1) is 58.7 Å². The molecule has 3 aliphatic carbocycles. The van der Waals surface area contributed by atoms with E-state index >= 15 is 0 Å². The number of rotatable bonds is 1. The Morgan fingerprint density at radius 1 is 0.750 bits per heavy atom. The standard InChI is InChI=1S/C22H32FN/c1-16-2-9-19(10-3-16)20-11-6-17(7-12-20)4-5-18-8-13-21(15-24)22(23)14-18/h16-22H,2-3,6-14H2,1H3. The van der Waals surface area contributed by atoms with E-state index in [1.165, 1.54) is 51.4 Å². The molecule has 3 rings (SSSR count). The van der Waals surface area contributed by atoms with Gasteiger partial charge < -0.3 is 0 Å². The van der Waals surface area contributed by atoms with Crippen LogP contribution in [0.1, 0.15) is 77.6 Å². The molecule has 3 atom stereocenters. The maximum Gasteiger partial charge on any atom is 0.117 e. The van der Waals surface area contributed by atoms with Gasteiger partial charge in [-0.05, 0) is 75.5 Å². The lowest BCUT2D eigenvalue weighted by Crippen LogP contribution is -2.25. The molecular weight excluding hydrogens is 297 g/mol. The van der Waals surface area contributed by atoms with E-state index in [2.05, 4.69) is 24.8 Å². The molecule has 0 aromatic carbocycles. The molecule has 0 heterocycles. The number of hydrogen-bond donors (Lipinski definition) is 0. The van der Waals surface area contributed by atoms with Crippen molar-refractivity contribution in [2.75, 3.05) is 0 Å². The van der Waals surface area contributed by atoms with Crippen LogP contribution in [0.25, 0.3) is 0 Å². The van der Waals surface area contributed by atoms with Gasteiger partial charge in [-0.2, -0.15) is 5.26 Å².